The van der Waals surface area contributed by atoms with Crippen LogP contribution in [0, 0.1) is 5.92 Å². The number of phenols is 1. The van der Waals surface area contributed by atoms with E-state index in [1.54, 1.807) is 6.07 Å². The van der Waals surface area contributed by atoms with Crippen LogP contribution in [0.15, 0.2) is 48.5 Å². The maximum atomic E-state index is 12.7. The number of aromatic hydroxyl groups is 1. The lowest BCUT2D eigenvalue weighted by atomic mass is 9.91. The van der Waals surface area contributed by atoms with Gasteiger partial charge in [-0.2, -0.15) is 0 Å². The molecule has 5 nitrogen and oxygen atoms in total. The number of anilines is 1. The Bertz CT molecular complexity index is 1060. The molecule has 1 heterocycles. The second kappa shape index (κ2) is 8.66. The number of phenolic OH excluding ortho intramolecular Hbond substituents is 1. The summed E-state index contributed by atoms with van der Waals surface area (Å²) in [7, 11) is 0. The van der Waals surface area contributed by atoms with E-state index in [1.165, 1.54) is 0 Å². The molecule has 0 unspecified atom stereocenters. The number of nitrogens with zero attached hydrogens (tertiary/aromatic N) is 2. The molecule has 1 amide bonds. The highest BCUT2D eigenvalue weighted by atomic mass is 16.3. The molecule has 30 heavy (non-hydrogen) atoms. The van der Waals surface area contributed by atoms with E-state index in [1.807, 2.05) is 42.5 Å². The van der Waals surface area contributed by atoms with Crippen LogP contribution in [0.2, 0.25) is 0 Å². The van der Waals surface area contributed by atoms with E-state index in [2.05, 4.69) is 19.2 Å². The van der Waals surface area contributed by atoms with Gasteiger partial charge in [-0.3, -0.25) is 4.79 Å². The van der Waals surface area contributed by atoms with Crippen molar-refractivity contribution in [3.05, 3.63) is 71.0 Å². The average molecular weight is 402 g/mol. The van der Waals surface area contributed by atoms with Crippen molar-refractivity contribution in [2.24, 2.45) is 5.92 Å². The topological polar surface area (TPSA) is 75.1 Å². The van der Waals surface area contributed by atoms with Crippen LogP contribution in [-0.4, -0.2) is 21.0 Å². The average Bonchev–Trinajstić information content (AvgIpc) is 2.72. The molecule has 0 atom stereocenters. The fourth-order valence-electron chi connectivity index (χ4n) is 3.82. The molecule has 2 aromatic carbocycles. The van der Waals surface area contributed by atoms with Crippen molar-refractivity contribution in [3.8, 4) is 17.0 Å². The van der Waals surface area contributed by atoms with Crippen LogP contribution >= 0.6 is 0 Å². The summed E-state index contributed by atoms with van der Waals surface area (Å²) in [5.41, 5.74) is 5.68. The number of hydrogen-bond donors (Lipinski definition) is 2. The Balaban J connectivity index is 1.66. The first-order chi connectivity index (χ1) is 14.5. The van der Waals surface area contributed by atoms with E-state index >= 15 is 0 Å². The van der Waals surface area contributed by atoms with Crippen molar-refractivity contribution >= 4 is 11.7 Å². The zero-order chi connectivity index (χ0) is 21.1. The van der Waals surface area contributed by atoms with Crippen LogP contribution in [0.3, 0.4) is 0 Å². The molecule has 0 spiro atoms. The lowest BCUT2D eigenvalue weighted by Gasteiger charge is -2.21. The quantitative estimate of drug-likeness (QED) is 0.627. The predicted octanol–water partition coefficient (Wildman–Crippen LogP) is 4.72. The summed E-state index contributed by atoms with van der Waals surface area (Å²) in [5.74, 6) is 1.30. The van der Waals surface area contributed by atoms with Gasteiger partial charge >= 0.3 is 0 Å². The molecule has 5 heteroatoms. The van der Waals surface area contributed by atoms with Gasteiger partial charge in [0.25, 0.3) is 0 Å². The van der Waals surface area contributed by atoms with E-state index < -0.39 is 0 Å². The largest absolute Gasteiger partial charge is 0.508 e. The summed E-state index contributed by atoms with van der Waals surface area (Å²) in [6.07, 6.45) is 3.58. The number of fused-ring (bicyclic) bond motifs is 3. The number of hydrogen-bond acceptors (Lipinski definition) is 4. The number of carbonyl (C=O) groups excluding carboxylic acids is 1. The predicted molar refractivity (Wildman–Crippen MR) is 118 cm³/mol. The van der Waals surface area contributed by atoms with Crippen molar-refractivity contribution in [2.45, 2.75) is 46.0 Å². The van der Waals surface area contributed by atoms with Crippen molar-refractivity contribution in [2.75, 3.05) is 5.32 Å². The molecule has 0 bridgehead atoms. The van der Waals surface area contributed by atoms with E-state index in [0.29, 0.717) is 18.2 Å². The molecule has 0 saturated heterocycles. The normalized spacial score (nSPS) is 12.4. The minimum atomic E-state index is -0.0811. The van der Waals surface area contributed by atoms with Crippen LogP contribution < -0.4 is 5.32 Å². The Labute approximate surface area is 177 Å². The second-order valence-corrected chi connectivity index (χ2v) is 8.30. The smallest absolute Gasteiger partial charge is 0.229 e. The molecular formula is C25H27N3O2. The van der Waals surface area contributed by atoms with Crippen LogP contribution in [0.4, 0.5) is 5.82 Å². The summed E-state index contributed by atoms with van der Waals surface area (Å²) < 4.78 is 0. The number of nitrogens with one attached hydrogen (secondary N) is 1. The molecule has 0 fully saturated rings. The molecular weight excluding hydrogens is 374 g/mol. The molecule has 2 N–H and O–H groups in total. The number of amides is 1. The number of carbonyl (C=O) groups is 1. The molecule has 1 aromatic heterocycles. The Morgan fingerprint density at radius 2 is 1.90 bits per heavy atom. The maximum Gasteiger partial charge on any atom is 0.229 e. The van der Waals surface area contributed by atoms with E-state index in [4.69, 9.17) is 9.97 Å². The van der Waals surface area contributed by atoms with Gasteiger partial charge in [-0.15, -0.1) is 0 Å². The summed E-state index contributed by atoms with van der Waals surface area (Å²) in [5, 5.41) is 12.8. The molecule has 0 aliphatic heterocycles. The SMILES string of the molecule is CC(C)CCc1nc2c(nc1NC(=O)Cc1ccccc1)CCc1cc(O)ccc1-2. The van der Waals surface area contributed by atoms with Gasteiger partial charge < -0.3 is 10.4 Å². The lowest BCUT2D eigenvalue weighted by Crippen LogP contribution is -2.20. The Hall–Kier alpha value is -3.21. The standard InChI is InChI=1S/C25H27N3O2/c1-16(2)8-12-22-25(28-23(30)14-17-6-4-3-5-7-17)27-21-13-9-18-15-19(29)10-11-20(18)24(21)26-22/h3-7,10-11,15-16,29H,8-9,12-14H2,1-2H3,(H,27,28,30). The monoisotopic (exact) mass is 401 g/mol. The highest BCUT2D eigenvalue weighted by Gasteiger charge is 2.22. The molecule has 1 aliphatic carbocycles. The Morgan fingerprint density at radius 3 is 2.67 bits per heavy atom. The van der Waals surface area contributed by atoms with Gasteiger partial charge in [-0.25, -0.2) is 9.97 Å². The van der Waals surface area contributed by atoms with Crippen LogP contribution in [0.1, 0.15) is 42.8 Å². The number of aryl methyl sites for hydroxylation is 3. The summed E-state index contributed by atoms with van der Waals surface area (Å²) in [6.45, 7) is 4.36. The summed E-state index contributed by atoms with van der Waals surface area (Å²) >= 11 is 0. The van der Waals surface area contributed by atoms with Gasteiger partial charge in [0, 0.05) is 5.56 Å². The number of aromatic nitrogens is 2. The van der Waals surface area contributed by atoms with E-state index in [-0.39, 0.29) is 11.7 Å². The Kier molecular flexibility index (Phi) is 5.79. The van der Waals surface area contributed by atoms with Gasteiger partial charge in [0.1, 0.15) is 5.75 Å². The van der Waals surface area contributed by atoms with Gasteiger partial charge in [0.15, 0.2) is 5.82 Å². The zero-order valence-electron chi connectivity index (χ0n) is 17.5. The highest BCUT2D eigenvalue weighted by molar-refractivity contribution is 5.92. The molecule has 3 aromatic rings. The second-order valence-electron chi connectivity index (χ2n) is 8.30. The first kappa shape index (κ1) is 20.1. The first-order valence-electron chi connectivity index (χ1n) is 10.6. The third-order valence-corrected chi connectivity index (χ3v) is 5.44. The van der Waals surface area contributed by atoms with Crippen LogP contribution in [0.25, 0.3) is 11.3 Å². The molecule has 0 saturated carbocycles. The minimum absolute atomic E-state index is 0.0811. The van der Waals surface area contributed by atoms with Gasteiger partial charge in [0.05, 0.1) is 23.5 Å². The fourth-order valence-corrected chi connectivity index (χ4v) is 3.82. The Morgan fingerprint density at radius 1 is 1.10 bits per heavy atom. The van der Waals surface area contributed by atoms with Gasteiger partial charge in [0.2, 0.25) is 5.91 Å². The van der Waals surface area contributed by atoms with E-state index in [0.717, 1.165) is 59.5 Å². The van der Waals surface area contributed by atoms with Crippen LogP contribution in [-0.2, 0) is 30.5 Å². The van der Waals surface area contributed by atoms with Crippen molar-refractivity contribution in [1.29, 1.82) is 0 Å². The first-order valence-corrected chi connectivity index (χ1v) is 10.6. The van der Waals surface area contributed by atoms with Crippen molar-refractivity contribution < 1.29 is 9.90 Å². The zero-order valence-corrected chi connectivity index (χ0v) is 17.5. The fraction of sp³-hybridized carbons (Fsp3) is 0.320. The molecule has 0 radical (unpaired) electrons. The minimum Gasteiger partial charge on any atom is -0.508 e. The van der Waals surface area contributed by atoms with Crippen molar-refractivity contribution in [3.63, 3.8) is 0 Å². The number of benzene rings is 2. The van der Waals surface area contributed by atoms with E-state index in [9.17, 15) is 9.90 Å². The number of rotatable bonds is 6. The van der Waals surface area contributed by atoms with Crippen LogP contribution in [0.5, 0.6) is 5.75 Å². The lowest BCUT2D eigenvalue weighted by molar-refractivity contribution is -0.115. The maximum absolute atomic E-state index is 12.7. The molecule has 1 aliphatic rings. The van der Waals surface area contributed by atoms with Crippen molar-refractivity contribution in [1.82, 2.24) is 9.97 Å². The van der Waals surface area contributed by atoms with Gasteiger partial charge in [-0.1, -0.05) is 44.2 Å². The molecule has 154 valence electrons. The highest BCUT2D eigenvalue weighted by Crippen LogP contribution is 2.34. The molecule has 4 rings (SSSR count). The third-order valence-electron chi connectivity index (χ3n) is 5.44. The third kappa shape index (κ3) is 4.51. The summed E-state index contributed by atoms with van der Waals surface area (Å²) in [6, 6.07) is 15.1. The summed E-state index contributed by atoms with van der Waals surface area (Å²) in [4.78, 5) is 22.5. The van der Waals surface area contributed by atoms with Gasteiger partial charge in [-0.05, 0) is 60.9 Å².